The molecule has 90 valence electrons. The van der Waals surface area contributed by atoms with E-state index in [-0.39, 0.29) is 0 Å². The summed E-state index contributed by atoms with van der Waals surface area (Å²) in [7, 11) is 0. The summed E-state index contributed by atoms with van der Waals surface area (Å²) in [5.41, 5.74) is 2.08. The number of halogens is 1. The Morgan fingerprint density at radius 1 is 1.29 bits per heavy atom. The van der Waals surface area contributed by atoms with E-state index in [2.05, 4.69) is 21.4 Å². The molecule has 1 aliphatic rings. The number of rotatable bonds is 2. The fourth-order valence-corrected chi connectivity index (χ4v) is 2.92. The minimum absolute atomic E-state index is 0.682. The van der Waals surface area contributed by atoms with E-state index in [1.54, 1.807) is 6.20 Å². The lowest BCUT2D eigenvalue weighted by Gasteiger charge is -2.20. The van der Waals surface area contributed by atoms with Crippen LogP contribution in [0.4, 0.5) is 5.69 Å². The van der Waals surface area contributed by atoms with Gasteiger partial charge in [-0.15, -0.1) is 0 Å². The monoisotopic (exact) mass is 250 g/mol. The third-order valence-corrected chi connectivity index (χ3v) is 3.93. The first kappa shape index (κ1) is 11.1. The van der Waals surface area contributed by atoms with Crippen LogP contribution < -0.4 is 5.32 Å². The van der Waals surface area contributed by atoms with Gasteiger partial charge in [0, 0.05) is 6.20 Å². The average molecular weight is 251 g/mol. The molecule has 1 aliphatic carbocycles. The van der Waals surface area contributed by atoms with Gasteiger partial charge >= 0.3 is 0 Å². The van der Waals surface area contributed by atoms with Crippen molar-refractivity contribution in [3.63, 3.8) is 0 Å². The van der Waals surface area contributed by atoms with E-state index in [0.29, 0.717) is 6.04 Å². The third-order valence-electron chi connectivity index (χ3n) is 3.63. The lowest BCUT2D eigenvalue weighted by molar-refractivity contribution is -0.612. The number of hydrogen-bond acceptors (Lipinski definition) is 1. The van der Waals surface area contributed by atoms with Crippen LogP contribution in [-0.2, 0) is 0 Å². The molecule has 2 heterocycles. The van der Waals surface area contributed by atoms with Crippen LogP contribution in [0, 0.1) is 0 Å². The molecule has 17 heavy (non-hydrogen) atoms. The first-order valence-electron chi connectivity index (χ1n) is 6.31. The maximum Gasteiger partial charge on any atom is 0.161 e. The first-order chi connectivity index (χ1) is 8.34. The van der Waals surface area contributed by atoms with Gasteiger partial charge in [0.1, 0.15) is 10.7 Å². The fourth-order valence-electron chi connectivity index (χ4n) is 2.71. The number of nitrogens with zero attached hydrogens (tertiary/aromatic N) is 1. The molecule has 1 fully saturated rings. The summed E-state index contributed by atoms with van der Waals surface area (Å²) in [4.78, 5) is 7.42. The lowest BCUT2D eigenvalue weighted by Crippen LogP contribution is -2.85. The Morgan fingerprint density at radius 2 is 2.12 bits per heavy atom. The van der Waals surface area contributed by atoms with E-state index in [1.807, 2.05) is 6.20 Å². The highest BCUT2D eigenvalue weighted by Gasteiger charge is 2.20. The Hall–Kier alpha value is -1.06. The van der Waals surface area contributed by atoms with E-state index in [1.165, 1.54) is 32.1 Å². The molecule has 0 radical (unpaired) electrons. The van der Waals surface area contributed by atoms with Gasteiger partial charge < -0.3 is 10.3 Å². The van der Waals surface area contributed by atoms with Crippen LogP contribution >= 0.6 is 11.6 Å². The molecule has 0 amide bonds. The number of aromatic nitrogens is 2. The molecular formula is C13H17ClN3+. The van der Waals surface area contributed by atoms with Gasteiger partial charge in [-0.1, -0.05) is 18.0 Å². The van der Waals surface area contributed by atoms with Crippen molar-refractivity contribution in [2.45, 2.75) is 38.1 Å². The molecule has 0 spiro atoms. The highest BCUT2D eigenvalue weighted by Crippen LogP contribution is 2.26. The number of quaternary nitrogens is 1. The van der Waals surface area contributed by atoms with E-state index in [9.17, 15) is 0 Å². The van der Waals surface area contributed by atoms with Crippen molar-refractivity contribution in [1.29, 1.82) is 0 Å². The Labute approximate surface area is 106 Å². The Kier molecular flexibility index (Phi) is 3.04. The predicted octanol–water partition coefficient (Wildman–Crippen LogP) is 2.74. The smallest absolute Gasteiger partial charge is 0.161 e. The van der Waals surface area contributed by atoms with Gasteiger partial charge in [-0.05, 0) is 31.7 Å². The van der Waals surface area contributed by atoms with Crippen molar-refractivity contribution in [3.8, 4) is 0 Å². The number of nitrogens with one attached hydrogen (secondary N) is 1. The molecule has 4 heteroatoms. The maximum absolute atomic E-state index is 6.27. The maximum atomic E-state index is 6.27. The predicted molar refractivity (Wildman–Crippen MR) is 69.6 cm³/mol. The van der Waals surface area contributed by atoms with Crippen molar-refractivity contribution in [2.75, 3.05) is 0 Å². The molecule has 3 N–H and O–H groups in total. The number of pyridine rings is 1. The van der Waals surface area contributed by atoms with Crippen molar-refractivity contribution in [3.05, 3.63) is 23.5 Å². The summed E-state index contributed by atoms with van der Waals surface area (Å²) < 4.78 is 0. The fraction of sp³-hybridized carbons (Fsp3) is 0.462. The molecule has 2 aromatic rings. The molecular weight excluding hydrogens is 234 g/mol. The normalized spacial score (nSPS) is 17.7. The Morgan fingerprint density at radius 3 is 2.94 bits per heavy atom. The number of H-pyrrole nitrogens is 1. The topological polar surface area (TPSA) is 45.3 Å². The summed E-state index contributed by atoms with van der Waals surface area (Å²) in [6, 6.07) is 2.74. The number of fused-ring (bicyclic) bond motifs is 1. The zero-order valence-corrected chi connectivity index (χ0v) is 10.5. The van der Waals surface area contributed by atoms with E-state index < -0.39 is 0 Å². The van der Waals surface area contributed by atoms with Crippen LogP contribution in [-0.4, -0.2) is 16.0 Å². The van der Waals surface area contributed by atoms with Crippen molar-refractivity contribution in [2.24, 2.45) is 0 Å². The van der Waals surface area contributed by atoms with Crippen LogP contribution in [0.5, 0.6) is 0 Å². The Balaban J connectivity index is 1.92. The van der Waals surface area contributed by atoms with Crippen LogP contribution in [0.2, 0.25) is 5.02 Å². The molecule has 0 atom stereocenters. The number of hydrogen-bond donors (Lipinski definition) is 2. The van der Waals surface area contributed by atoms with E-state index >= 15 is 0 Å². The Bertz CT molecular complexity index is 514. The van der Waals surface area contributed by atoms with Crippen LogP contribution in [0.25, 0.3) is 11.0 Å². The van der Waals surface area contributed by atoms with Gasteiger partial charge in [0.25, 0.3) is 0 Å². The van der Waals surface area contributed by atoms with Gasteiger partial charge in [0.05, 0.1) is 17.6 Å². The molecule has 0 aromatic carbocycles. The van der Waals surface area contributed by atoms with Gasteiger partial charge in [0.15, 0.2) is 5.69 Å². The highest BCUT2D eigenvalue weighted by molar-refractivity contribution is 6.33. The molecule has 3 rings (SSSR count). The van der Waals surface area contributed by atoms with Crippen molar-refractivity contribution >= 4 is 28.3 Å². The van der Waals surface area contributed by atoms with E-state index in [0.717, 1.165) is 21.7 Å². The second kappa shape index (κ2) is 4.67. The summed E-state index contributed by atoms with van der Waals surface area (Å²) in [6.45, 7) is 0. The molecule has 1 saturated carbocycles. The highest BCUT2D eigenvalue weighted by atomic mass is 35.5. The standard InChI is InChI=1S/C13H16ClN3/c14-11-8-16-13-10(6-7-15-13)12(11)17-9-4-2-1-3-5-9/h6-9H,1-5H2,(H2,15,16,17)/p+1. The number of nitrogens with two attached hydrogens (primary N) is 1. The van der Waals surface area contributed by atoms with Gasteiger partial charge in [-0.25, -0.2) is 4.98 Å². The van der Waals surface area contributed by atoms with Gasteiger partial charge in [-0.2, -0.15) is 0 Å². The van der Waals surface area contributed by atoms with Crippen LogP contribution in [0.1, 0.15) is 32.1 Å². The zero-order chi connectivity index (χ0) is 11.7. The summed E-state index contributed by atoms with van der Waals surface area (Å²) >= 11 is 6.27. The van der Waals surface area contributed by atoms with Gasteiger partial charge in [-0.3, -0.25) is 0 Å². The second-order valence-corrected chi connectivity index (χ2v) is 5.23. The lowest BCUT2D eigenvalue weighted by atomic mass is 9.95. The van der Waals surface area contributed by atoms with E-state index in [4.69, 9.17) is 11.6 Å². The van der Waals surface area contributed by atoms with Crippen molar-refractivity contribution < 1.29 is 5.32 Å². The molecule has 3 nitrogen and oxygen atoms in total. The largest absolute Gasteiger partial charge is 0.346 e. The molecule has 0 saturated heterocycles. The van der Waals surface area contributed by atoms with Crippen LogP contribution in [0.3, 0.4) is 0 Å². The van der Waals surface area contributed by atoms with Crippen molar-refractivity contribution in [1.82, 2.24) is 9.97 Å². The first-order valence-corrected chi connectivity index (χ1v) is 6.69. The molecule has 0 unspecified atom stereocenters. The summed E-state index contributed by atoms with van der Waals surface area (Å²) in [5, 5.41) is 4.25. The molecule has 0 bridgehead atoms. The van der Waals surface area contributed by atoms with Crippen LogP contribution in [0.15, 0.2) is 18.5 Å². The minimum Gasteiger partial charge on any atom is -0.346 e. The average Bonchev–Trinajstić information content (AvgIpc) is 2.83. The summed E-state index contributed by atoms with van der Waals surface area (Å²) in [6.07, 6.45) is 10.3. The molecule has 2 aromatic heterocycles. The summed E-state index contributed by atoms with van der Waals surface area (Å²) in [5.74, 6) is 0. The molecule has 0 aliphatic heterocycles. The SMILES string of the molecule is Clc1cnc2[nH]ccc2c1[NH2+]C1CCCCC1. The second-order valence-electron chi connectivity index (χ2n) is 4.82. The third kappa shape index (κ3) is 2.17. The number of aromatic amines is 1. The minimum atomic E-state index is 0.682. The quantitative estimate of drug-likeness (QED) is 0.846. The van der Waals surface area contributed by atoms with Gasteiger partial charge in [0.2, 0.25) is 0 Å². The zero-order valence-electron chi connectivity index (χ0n) is 9.75.